The second-order valence-electron chi connectivity index (χ2n) is 3.00. The fourth-order valence-electron chi connectivity index (χ4n) is 1.30. The average molecular weight is 160 g/mol. The Labute approximate surface area is 75.0 Å². The predicted molar refractivity (Wildman–Crippen MR) is 55.0 cm³/mol. The molecule has 1 rings (SSSR count). The number of rotatable bonds is 3. The summed E-state index contributed by atoms with van der Waals surface area (Å²) >= 11 is 0. The molecule has 0 aromatic rings. The maximum atomic E-state index is 3.82. The zero-order valence-electron chi connectivity index (χ0n) is 7.66. The minimum absolute atomic E-state index is 0.432. The summed E-state index contributed by atoms with van der Waals surface area (Å²) in [5, 5.41) is 0. The van der Waals surface area contributed by atoms with Crippen LogP contribution in [0.15, 0.2) is 48.6 Å². The van der Waals surface area contributed by atoms with Crippen LogP contribution < -0.4 is 0 Å². The van der Waals surface area contributed by atoms with Gasteiger partial charge in [0.05, 0.1) is 0 Å². The van der Waals surface area contributed by atoms with Crippen molar-refractivity contribution in [2.24, 2.45) is 5.92 Å². The van der Waals surface area contributed by atoms with Crippen LogP contribution in [-0.2, 0) is 0 Å². The molecule has 0 nitrogen and oxygen atoms in total. The van der Waals surface area contributed by atoms with Crippen molar-refractivity contribution in [3.63, 3.8) is 0 Å². The maximum Gasteiger partial charge on any atom is 0.0196 e. The molecule has 0 N–H and O–H groups in total. The Bertz CT molecular complexity index is 228. The van der Waals surface area contributed by atoms with E-state index < -0.39 is 0 Å². The fourth-order valence-corrected chi connectivity index (χ4v) is 1.30. The average Bonchev–Trinajstić information content (AvgIpc) is 2.15. The first-order valence-corrected chi connectivity index (χ1v) is 4.56. The lowest BCUT2D eigenvalue weighted by Crippen LogP contribution is -1.97. The predicted octanol–water partition coefficient (Wildman–Crippen LogP) is 3.64. The molecule has 0 aliphatic heterocycles. The molecular formula is C12H16. The third-order valence-corrected chi connectivity index (χ3v) is 2.03. The van der Waals surface area contributed by atoms with E-state index in [2.05, 4.69) is 43.9 Å². The zero-order valence-corrected chi connectivity index (χ0v) is 7.66. The SMILES string of the molecule is C=CC1C=CC=CC1=CCCC. The van der Waals surface area contributed by atoms with Gasteiger partial charge in [0.15, 0.2) is 0 Å². The second-order valence-corrected chi connectivity index (χ2v) is 3.00. The van der Waals surface area contributed by atoms with Crippen LogP contribution in [0.3, 0.4) is 0 Å². The van der Waals surface area contributed by atoms with Crippen molar-refractivity contribution in [3.05, 3.63) is 48.6 Å². The fraction of sp³-hybridized carbons (Fsp3) is 0.333. The first-order chi connectivity index (χ1) is 5.88. The molecule has 1 aliphatic carbocycles. The summed E-state index contributed by atoms with van der Waals surface area (Å²) in [6.45, 7) is 6.01. The largest absolute Gasteiger partial charge is 0.102 e. The molecule has 0 heterocycles. The van der Waals surface area contributed by atoms with Gasteiger partial charge in [-0.3, -0.25) is 0 Å². The van der Waals surface area contributed by atoms with Crippen molar-refractivity contribution in [1.29, 1.82) is 0 Å². The van der Waals surface area contributed by atoms with Gasteiger partial charge in [-0.05, 0) is 12.0 Å². The first-order valence-electron chi connectivity index (χ1n) is 4.56. The van der Waals surface area contributed by atoms with Crippen LogP contribution in [0.1, 0.15) is 19.8 Å². The summed E-state index contributed by atoms with van der Waals surface area (Å²) < 4.78 is 0. The lowest BCUT2D eigenvalue weighted by atomic mass is 9.94. The molecule has 1 aliphatic rings. The molecule has 12 heavy (non-hydrogen) atoms. The van der Waals surface area contributed by atoms with Gasteiger partial charge in [0.2, 0.25) is 0 Å². The van der Waals surface area contributed by atoms with Gasteiger partial charge >= 0.3 is 0 Å². The van der Waals surface area contributed by atoms with Gasteiger partial charge in [0.1, 0.15) is 0 Å². The standard InChI is InChI=1S/C12H16/c1-3-5-8-12-10-7-6-9-11(12)4-2/h4,6-11H,2-3,5H2,1H3. The number of unbranched alkanes of at least 4 members (excludes halogenated alkanes) is 1. The Morgan fingerprint density at radius 3 is 3.00 bits per heavy atom. The molecular weight excluding hydrogens is 144 g/mol. The van der Waals surface area contributed by atoms with Gasteiger partial charge in [-0.15, -0.1) is 6.58 Å². The molecule has 0 aromatic carbocycles. The molecule has 1 unspecified atom stereocenters. The van der Waals surface area contributed by atoms with E-state index in [9.17, 15) is 0 Å². The van der Waals surface area contributed by atoms with Crippen molar-refractivity contribution in [3.8, 4) is 0 Å². The topological polar surface area (TPSA) is 0 Å². The van der Waals surface area contributed by atoms with Crippen molar-refractivity contribution >= 4 is 0 Å². The molecule has 0 bridgehead atoms. The smallest absolute Gasteiger partial charge is 0.0196 e. The Morgan fingerprint density at radius 2 is 2.33 bits per heavy atom. The molecule has 0 spiro atoms. The summed E-state index contributed by atoms with van der Waals surface area (Å²) in [4.78, 5) is 0. The minimum atomic E-state index is 0.432. The van der Waals surface area contributed by atoms with E-state index in [0.717, 1.165) is 6.42 Å². The van der Waals surface area contributed by atoms with Crippen LogP contribution >= 0.6 is 0 Å². The number of allylic oxidation sites excluding steroid dienone is 7. The molecule has 0 saturated carbocycles. The third kappa shape index (κ3) is 2.23. The third-order valence-electron chi connectivity index (χ3n) is 2.03. The summed E-state index contributed by atoms with van der Waals surface area (Å²) in [5.74, 6) is 0.432. The molecule has 0 heteroatoms. The van der Waals surface area contributed by atoms with E-state index in [1.54, 1.807) is 0 Å². The van der Waals surface area contributed by atoms with Crippen molar-refractivity contribution in [2.45, 2.75) is 19.8 Å². The van der Waals surface area contributed by atoms with E-state index in [4.69, 9.17) is 0 Å². The summed E-state index contributed by atoms with van der Waals surface area (Å²) in [7, 11) is 0. The number of hydrogen-bond acceptors (Lipinski definition) is 0. The van der Waals surface area contributed by atoms with E-state index in [1.165, 1.54) is 12.0 Å². The van der Waals surface area contributed by atoms with Crippen LogP contribution in [0.4, 0.5) is 0 Å². The highest BCUT2D eigenvalue weighted by molar-refractivity contribution is 5.35. The van der Waals surface area contributed by atoms with Crippen LogP contribution in [-0.4, -0.2) is 0 Å². The molecule has 0 saturated heterocycles. The van der Waals surface area contributed by atoms with Gasteiger partial charge in [0, 0.05) is 5.92 Å². The van der Waals surface area contributed by atoms with E-state index in [1.807, 2.05) is 6.08 Å². The molecule has 0 fully saturated rings. The molecule has 64 valence electrons. The molecule has 0 aromatic heterocycles. The highest BCUT2D eigenvalue weighted by atomic mass is 14.1. The van der Waals surface area contributed by atoms with Crippen molar-refractivity contribution in [1.82, 2.24) is 0 Å². The van der Waals surface area contributed by atoms with Crippen molar-refractivity contribution in [2.75, 3.05) is 0 Å². The normalized spacial score (nSPS) is 24.8. The molecule has 0 radical (unpaired) electrons. The Morgan fingerprint density at radius 1 is 1.50 bits per heavy atom. The number of hydrogen-bond donors (Lipinski definition) is 0. The van der Waals surface area contributed by atoms with Gasteiger partial charge in [-0.2, -0.15) is 0 Å². The molecule has 1 atom stereocenters. The Kier molecular flexibility index (Phi) is 3.59. The zero-order chi connectivity index (χ0) is 8.81. The quantitative estimate of drug-likeness (QED) is 0.553. The van der Waals surface area contributed by atoms with Gasteiger partial charge in [-0.1, -0.05) is 49.8 Å². The van der Waals surface area contributed by atoms with Crippen LogP contribution in [0.25, 0.3) is 0 Å². The monoisotopic (exact) mass is 160 g/mol. The summed E-state index contributed by atoms with van der Waals surface area (Å²) in [6, 6.07) is 0. The lowest BCUT2D eigenvalue weighted by Gasteiger charge is -2.11. The van der Waals surface area contributed by atoms with E-state index in [-0.39, 0.29) is 0 Å². The minimum Gasteiger partial charge on any atom is -0.102 e. The van der Waals surface area contributed by atoms with Gasteiger partial charge in [-0.25, -0.2) is 0 Å². The van der Waals surface area contributed by atoms with Crippen LogP contribution in [0.5, 0.6) is 0 Å². The lowest BCUT2D eigenvalue weighted by molar-refractivity contribution is 0.916. The molecule has 0 amide bonds. The Hall–Kier alpha value is -1.04. The van der Waals surface area contributed by atoms with Gasteiger partial charge < -0.3 is 0 Å². The Balaban J connectivity index is 2.68. The maximum absolute atomic E-state index is 3.82. The summed E-state index contributed by atoms with van der Waals surface area (Å²) in [6.07, 6.45) is 15.2. The highest BCUT2D eigenvalue weighted by Crippen LogP contribution is 2.20. The van der Waals surface area contributed by atoms with Crippen LogP contribution in [0.2, 0.25) is 0 Å². The van der Waals surface area contributed by atoms with Gasteiger partial charge in [0.25, 0.3) is 0 Å². The van der Waals surface area contributed by atoms with Crippen molar-refractivity contribution < 1.29 is 0 Å². The summed E-state index contributed by atoms with van der Waals surface area (Å²) in [5.41, 5.74) is 1.38. The van der Waals surface area contributed by atoms with E-state index >= 15 is 0 Å². The highest BCUT2D eigenvalue weighted by Gasteiger charge is 2.05. The van der Waals surface area contributed by atoms with E-state index in [0.29, 0.717) is 5.92 Å². The second kappa shape index (κ2) is 4.76. The van der Waals surface area contributed by atoms with Crippen LogP contribution in [0, 0.1) is 5.92 Å². The first kappa shape index (κ1) is 9.05.